The summed E-state index contributed by atoms with van der Waals surface area (Å²) in [6.07, 6.45) is 0.991. The van der Waals surface area contributed by atoms with Crippen LogP contribution < -0.4 is 5.73 Å². The summed E-state index contributed by atoms with van der Waals surface area (Å²) in [5, 5.41) is 0.537. The number of carbonyl (C=O) groups is 1. The van der Waals surface area contributed by atoms with Gasteiger partial charge in [0.1, 0.15) is 0 Å². The Labute approximate surface area is 94.4 Å². The highest BCUT2D eigenvalue weighted by Crippen LogP contribution is 2.41. The minimum Gasteiger partial charge on any atom is -0.398 e. The molecule has 0 spiro atoms. The smallest absolute Gasteiger partial charge is 0.166 e. The Morgan fingerprint density at radius 3 is 2.67 bits per heavy atom. The molecule has 0 radical (unpaired) electrons. The maximum atomic E-state index is 12.0. The fraction of sp³-hybridized carbons (Fsp3) is 0.417. The lowest BCUT2D eigenvalue weighted by Gasteiger charge is -2.08. The van der Waals surface area contributed by atoms with Crippen LogP contribution in [0.4, 0.5) is 5.69 Å². The van der Waals surface area contributed by atoms with Crippen molar-refractivity contribution in [3.8, 4) is 0 Å². The number of halogens is 1. The summed E-state index contributed by atoms with van der Waals surface area (Å²) in [5.41, 5.74) is 7.91. The van der Waals surface area contributed by atoms with Gasteiger partial charge in [-0.05, 0) is 37.0 Å². The molecule has 2 atom stereocenters. The molecule has 0 bridgehead atoms. The van der Waals surface area contributed by atoms with Crippen molar-refractivity contribution < 1.29 is 4.79 Å². The molecule has 1 aliphatic rings. The number of hydrogen-bond acceptors (Lipinski definition) is 2. The van der Waals surface area contributed by atoms with E-state index in [1.54, 1.807) is 12.1 Å². The Kier molecular flexibility index (Phi) is 2.47. The van der Waals surface area contributed by atoms with Crippen LogP contribution in [0.5, 0.6) is 0 Å². The Balaban J connectivity index is 2.39. The molecule has 0 saturated heterocycles. The molecule has 1 saturated carbocycles. The summed E-state index contributed by atoms with van der Waals surface area (Å²) >= 11 is 5.90. The van der Waals surface area contributed by atoms with Crippen LogP contribution >= 0.6 is 11.6 Å². The minimum atomic E-state index is 0.182. The highest BCUT2D eigenvalue weighted by atomic mass is 35.5. The van der Waals surface area contributed by atoms with E-state index in [1.807, 2.05) is 6.92 Å². The standard InChI is InChI=1S/C12H14ClNO/c1-6-3-9(6)12(15)10-4-8(13)5-11(14)7(10)2/h4-6,9H,3,14H2,1-2H3/t6?,9-/m1/s1. The van der Waals surface area contributed by atoms with Crippen molar-refractivity contribution in [3.63, 3.8) is 0 Å². The topological polar surface area (TPSA) is 43.1 Å². The zero-order chi connectivity index (χ0) is 11.2. The summed E-state index contributed by atoms with van der Waals surface area (Å²) < 4.78 is 0. The Morgan fingerprint density at radius 2 is 2.13 bits per heavy atom. The van der Waals surface area contributed by atoms with Crippen molar-refractivity contribution in [1.29, 1.82) is 0 Å². The van der Waals surface area contributed by atoms with Crippen molar-refractivity contribution in [2.24, 2.45) is 11.8 Å². The largest absolute Gasteiger partial charge is 0.398 e. The second-order valence-electron chi connectivity index (χ2n) is 4.35. The fourth-order valence-corrected chi connectivity index (χ4v) is 2.07. The van der Waals surface area contributed by atoms with Crippen LogP contribution in [0.3, 0.4) is 0 Å². The molecule has 0 aliphatic heterocycles. The molecule has 1 aromatic rings. The van der Waals surface area contributed by atoms with Gasteiger partial charge in [0, 0.05) is 22.2 Å². The third kappa shape index (κ3) is 1.86. The molecule has 0 aromatic heterocycles. The van der Waals surface area contributed by atoms with Crippen LogP contribution in [0, 0.1) is 18.8 Å². The quantitative estimate of drug-likeness (QED) is 0.619. The average molecular weight is 224 g/mol. The first-order valence-electron chi connectivity index (χ1n) is 5.10. The van der Waals surface area contributed by atoms with E-state index in [2.05, 4.69) is 6.92 Å². The van der Waals surface area contributed by atoms with Gasteiger partial charge in [-0.1, -0.05) is 18.5 Å². The monoisotopic (exact) mass is 223 g/mol. The van der Waals surface area contributed by atoms with E-state index in [-0.39, 0.29) is 11.7 Å². The molecule has 1 unspecified atom stereocenters. The van der Waals surface area contributed by atoms with E-state index < -0.39 is 0 Å². The number of hydrogen-bond donors (Lipinski definition) is 1. The van der Waals surface area contributed by atoms with Gasteiger partial charge >= 0.3 is 0 Å². The highest BCUT2D eigenvalue weighted by Gasteiger charge is 2.39. The van der Waals surface area contributed by atoms with Gasteiger partial charge in [-0.2, -0.15) is 0 Å². The first kappa shape index (κ1) is 10.5. The molecule has 2 nitrogen and oxygen atoms in total. The zero-order valence-electron chi connectivity index (χ0n) is 8.88. The van der Waals surface area contributed by atoms with Crippen LogP contribution in [0.15, 0.2) is 12.1 Å². The number of nitrogens with two attached hydrogens (primary N) is 1. The summed E-state index contributed by atoms with van der Waals surface area (Å²) in [6.45, 7) is 3.96. The molecule has 2 N–H and O–H groups in total. The van der Waals surface area contributed by atoms with Gasteiger partial charge in [-0.3, -0.25) is 4.79 Å². The van der Waals surface area contributed by atoms with E-state index in [0.717, 1.165) is 12.0 Å². The van der Waals surface area contributed by atoms with Gasteiger partial charge in [0.05, 0.1) is 0 Å². The van der Waals surface area contributed by atoms with Gasteiger partial charge in [0.25, 0.3) is 0 Å². The number of ketones is 1. The second kappa shape index (κ2) is 3.53. The molecule has 1 aromatic carbocycles. The highest BCUT2D eigenvalue weighted by molar-refractivity contribution is 6.31. The predicted molar refractivity (Wildman–Crippen MR) is 62.2 cm³/mol. The molecule has 1 aliphatic carbocycles. The zero-order valence-corrected chi connectivity index (χ0v) is 9.64. The van der Waals surface area contributed by atoms with Crippen molar-refractivity contribution >= 4 is 23.1 Å². The normalized spacial score (nSPS) is 23.9. The first-order valence-corrected chi connectivity index (χ1v) is 5.48. The molecule has 1 fully saturated rings. The molecule has 15 heavy (non-hydrogen) atoms. The number of anilines is 1. The number of carbonyl (C=O) groups excluding carboxylic acids is 1. The maximum absolute atomic E-state index is 12.0. The van der Waals surface area contributed by atoms with Crippen molar-refractivity contribution in [2.75, 3.05) is 5.73 Å². The van der Waals surface area contributed by atoms with E-state index >= 15 is 0 Å². The Hall–Kier alpha value is -1.02. The van der Waals surface area contributed by atoms with E-state index in [0.29, 0.717) is 22.2 Å². The van der Waals surface area contributed by atoms with Gasteiger partial charge in [-0.15, -0.1) is 0 Å². The molecule has 3 heteroatoms. The average Bonchev–Trinajstić information content (AvgIpc) is 2.88. The lowest BCUT2D eigenvalue weighted by atomic mass is 9.99. The molecule has 80 valence electrons. The van der Waals surface area contributed by atoms with Gasteiger partial charge < -0.3 is 5.73 Å². The number of rotatable bonds is 2. The molecule has 2 rings (SSSR count). The number of benzene rings is 1. The maximum Gasteiger partial charge on any atom is 0.166 e. The first-order chi connectivity index (χ1) is 7.00. The Bertz CT molecular complexity index is 428. The molecule has 0 heterocycles. The molecular weight excluding hydrogens is 210 g/mol. The van der Waals surface area contributed by atoms with Crippen LogP contribution in [-0.4, -0.2) is 5.78 Å². The van der Waals surface area contributed by atoms with Crippen molar-refractivity contribution in [3.05, 3.63) is 28.3 Å². The van der Waals surface area contributed by atoms with E-state index in [9.17, 15) is 4.79 Å². The summed E-state index contributed by atoms with van der Waals surface area (Å²) in [5.74, 6) is 0.882. The van der Waals surface area contributed by atoms with Crippen LogP contribution in [-0.2, 0) is 0 Å². The second-order valence-corrected chi connectivity index (χ2v) is 4.79. The lowest BCUT2D eigenvalue weighted by molar-refractivity contribution is 0.0962. The lowest BCUT2D eigenvalue weighted by Crippen LogP contribution is -2.07. The fourth-order valence-electron chi connectivity index (χ4n) is 1.84. The van der Waals surface area contributed by atoms with Gasteiger partial charge in [0.15, 0.2) is 5.78 Å². The summed E-state index contributed by atoms with van der Waals surface area (Å²) in [4.78, 5) is 12.0. The molecule has 0 amide bonds. The Morgan fingerprint density at radius 1 is 1.53 bits per heavy atom. The predicted octanol–water partition coefficient (Wildman–Crippen LogP) is 3.07. The minimum absolute atomic E-state index is 0.182. The van der Waals surface area contributed by atoms with Gasteiger partial charge in [-0.25, -0.2) is 0 Å². The van der Waals surface area contributed by atoms with Crippen LogP contribution in [0.2, 0.25) is 5.02 Å². The third-order valence-electron chi connectivity index (χ3n) is 3.12. The third-order valence-corrected chi connectivity index (χ3v) is 3.34. The van der Waals surface area contributed by atoms with Crippen LogP contribution in [0.25, 0.3) is 0 Å². The van der Waals surface area contributed by atoms with E-state index in [1.165, 1.54) is 0 Å². The van der Waals surface area contributed by atoms with Crippen molar-refractivity contribution in [2.45, 2.75) is 20.3 Å². The SMILES string of the molecule is Cc1c(N)cc(Cl)cc1C(=O)[C@@H]1CC1C. The number of Topliss-reactive ketones (excluding diaryl/α,β-unsaturated/α-hetero) is 1. The summed E-state index contributed by atoms with van der Waals surface area (Å²) in [6, 6.07) is 3.41. The van der Waals surface area contributed by atoms with E-state index in [4.69, 9.17) is 17.3 Å². The summed E-state index contributed by atoms with van der Waals surface area (Å²) in [7, 11) is 0. The van der Waals surface area contributed by atoms with Crippen molar-refractivity contribution in [1.82, 2.24) is 0 Å². The van der Waals surface area contributed by atoms with Crippen LogP contribution in [0.1, 0.15) is 29.3 Å². The molecular formula is C12H14ClNO. The van der Waals surface area contributed by atoms with Gasteiger partial charge in [0.2, 0.25) is 0 Å². The number of nitrogen functional groups attached to an aromatic ring is 1.